The molecule has 0 spiro atoms. The van der Waals surface area contributed by atoms with Crippen molar-refractivity contribution in [3.8, 4) is 11.5 Å². The van der Waals surface area contributed by atoms with Gasteiger partial charge in [-0.15, -0.1) is 0 Å². The van der Waals surface area contributed by atoms with Crippen LogP contribution in [0.3, 0.4) is 0 Å². The molecule has 7 nitrogen and oxygen atoms in total. The van der Waals surface area contributed by atoms with Crippen molar-refractivity contribution in [1.29, 1.82) is 0 Å². The summed E-state index contributed by atoms with van der Waals surface area (Å²) in [7, 11) is 0. The predicted molar refractivity (Wildman–Crippen MR) is 83.9 cm³/mol. The van der Waals surface area contributed by atoms with E-state index >= 15 is 0 Å². The lowest BCUT2D eigenvalue weighted by Crippen LogP contribution is -2.59. The van der Waals surface area contributed by atoms with Crippen molar-refractivity contribution < 1.29 is 28.5 Å². The van der Waals surface area contributed by atoms with Gasteiger partial charge in [0.1, 0.15) is 0 Å². The molecule has 24 heavy (non-hydrogen) atoms. The highest BCUT2D eigenvalue weighted by molar-refractivity contribution is 6.06. The molecule has 0 aromatic heterocycles. The molecular weight excluding hydrogens is 314 g/mol. The summed E-state index contributed by atoms with van der Waals surface area (Å²) in [5, 5.41) is 3.03. The van der Waals surface area contributed by atoms with Gasteiger partial charge in [0.2, 0.25) is 12.3 Å². The summed E-state index contributed by atoms with van der Waals surface area (Å²) in [6.45, 7) is 4.48. The molecule has 1 aromatic carbocycles. The Balaban J connectivity index is 2.00. The number of benzene rings is 1. The fraction of sp³-hybridized carbons (Fsp3) is 0.529. The molecular formula is C17H21NO6. The number of nitrogens with one attached hydrogen (secondary N) is 1. The zero-order valence-electron chi connectivity index (χ0n) is 13.8. The molecule has 0 aliphatic carbocycles. The average Bonchev–Trinajstić information content (AvgIpc) is 3.22. The predicted octanol–water partition coefficient (Wildman–Crippen LogP) is 1.36. The van der Waals surface area contributed by atoms with Gasteiger partial charge in [-0.1, -0.05) is 6.07 Å². The third-order valence-electron chi connectivity index (χ3n) is 4.35. The van der Waals surface area contributed by atoms with Gasteiger partial charge in [-0.25, -0.2) is 9.59 Å². The highest BCUT2D eigenvalue weighted by atomic mass is 16.7. The van der Waals surface area contributed by atoms with E-state index in [4.69, 9.17) is 18.9 Å². The van der Waals surface area contributed by atoms with E-state index < -0.39 is 23.4 Å². The van der Waals surface area contributed by atoms with Crippen molar-refractivity contribution in [2.45, 2.75) is 31.7 Å². The molecule has 0 unspecified atom stereocenters. The van der Waals surface area contributed by atoms with Crippen LogP contribution in [0.2, 0.25) is 0 Å². The smallest absolute Gasteiger partial charge is 0.338 e. The minimum Gasteiger partial charge on any atom is -0.464 e. The average molecular weight is 335 g/mol. The van der Waals surface area contributed by atoms with Gasteiger partial charge < -0.3 is 18.9 Å². The Kier molecular flexibility index (Phi) is 4.62. The van der Waals surface area contributed by atoms with Crippen LogP contribution in [-0.4, -0.2) is 44.0 Å². The summed E-state index contributed by atoms with van der Waals surface area (Å²) in [6, 6.07) is 5.45. The molecule has 1 fully saturated rings. The Bertz CT molecular complexity index is 626. The molecule has 2 aliphatic rings. The van der Waals surface area contributed by atoms with E-state index in [9.17, 15) is 9.59 Å². The lowest BCUT2D eigenvalue weighted by molar-refractivity contribution is -0.166. The van der Waals surface area contributed by atoms with E-state index in [2.05, 4.69) is 5.32 Å². The Morgan fingerprint density at radius 3 is 2.50 bits per heavy atom. The fourth-order valence-corrected chi connectivity index (χ4v) is 3.30. The van der Waals surface area contributed by atoms with E-state index in [0.29, 0.717) is 24.5 Å². The van der Waals surface area contributed by atoms with Crippen molar-refractivity contribution in [3.05, 3.63) is 23.8 Å². The zero-order chi connectivity index (χ0) is 17.2. The van der Waals surface area contributed by atoms with Crippen molar-refractivity contribution in [1.82, 2.24) is 5.32 Å². The van der Waals surface area contributed by atoms with Crippen LogP contribution in [-0.2, 0) is 19.1 Å². The molecule has 2 aliphatic heterocycles. The second kappa shape index (κ2) is 6.68. The number of hydrogen-bond acceptors (Lipinski definition) is 7. The van der Waals surface area contributed by atoms with Gasteiger partial charge in [0, 0.05) is 5.92 Å². The third kappa shape index (κ3) is 2.58. The first-order valence-electron chi connectivity index (χ1n) is 8.12. The number of carbonyl (C=O) groups excluding carboxylic acids is 2. The SMILES string of the molecule is CCOC(=O)C1(C(=O)OCC)NCC[C@H]1c1ccc2c(c1)OCO2. The molecule has 1 N–H and O–H groups in total. The zero-order valence-corrected chi connectivity index (χ0v) is 13.8. The molecule has 2 heterocycles. The number of ether oxygens (including phenoxy) is 4. The Hall–Kier alpha value is -2.28. The maximum absolute atomic E-state index is 12.7. The highest BCUT2D eigenvalue weighted by Gasteiger charge is 2.58. The van der Waals surface area contributed by atoms with Crippen LogP contribution in [0.4, 0.5) is 0 Å². The lowest BCUT2D eigenvalue weighted by atomic mass is 9.80. The van der Waals surface area contributed by atoms with Crippen LogP contribution in [0.15, 0.2) is 18.2 Å². The molecule has 130 valence electrons. The maximum atomic E-state index is 12.7. The topological polar surface area (TPSA) is 83.1 Å². The minimum absolute atomic E-state index is 0.169. The van der Waals surface area contributed by atoms with Gasteiger partial charge in [-0.05, 0) is 44.5 Å². The molecule has 3 rings (SSSR count). The third-order valence-corrected chi connectivity index (χ3v) is 4.35. The first kappa shape index (κ1) is 16.6. The second-order valence-corrected chi connectivity index (χ2v) is 5.63. The summed E-state index contributed by atoms with van der Waals surface area (Å²) in [5.41, 5.74) is -0.718. The Morgan fingerprint density at radius 2 is 1.83 bits per heavy atom. The van der Waals surface area contributed by atoms with Crippen molar-refractivity contribution in [2.75, 3.05) is 26.6 Å². The number of carbonyl (C=O) groups is 2. The quantitative estimate of drug-likeness (QED) is 0.642. The van der Waals surface area contributed by atoms with Crippen LogP contribution >= 0.6 is 0 Å². The molecule has 0 amide bonds. The van der Waals surface area contributed by atoms with Crippen LogP contribution in [0.1, 0.15) is 31.7 Å². The first-order chi connectivity index (χ1) is 11.6. The Labute approximate surface area is 140 Å². The second-order valence-electron chi connectivity index (χ2n) is 5.63. The van der Waals surface area contributed by atoms with Crippen LogP contribution < -0.4 is 14.8 Å². The lowest BCUT2D eigenvalue weighted by Gasteiger charge is -2.31. The Morgan fingerprint density at radius 1 is 1.17 bits per heavy atom. The fourth-order valence-electron chi connectivity index (χ4n) is 3.30. The van der Waals surface area contributed by atoms with Crippen molar-refractivity contribution in [2.24, 2.45) is 0 Å². The van der Waals surface area contributed by atoms with Gasteiger partial charge in [0.05, 0.1) is 13.2 Å². The van der Waals surface area contributed by atoms with Crippen LogP contribution in [0, 0.1) is 0 Å². The summed E-state index contributed by atoms with van der Waals surface area (Å²) >= 11 is 0. The van der Waals surface area contributed by atoms with Gasteiger partial charge in [-0.3, -0.25) is 5.32 Å². The molecule has 1 atom stereocenters. The molecule has 0 bridgehead atoms. The number of esters is 2. The van der Waals surface area contributed by atoms with Gasteiger partial charge >= 0.3 is 11.9 Å². The van der Waals surface area contributed by atoms with Crippen molar-refractivity contribution in [3.63, 3.8) is 0 Å². The van der Waals surface area contributed by atoms with E-state index in [1.165, 1.54) is 0 Å². The summed E-state index contributed by atoms with van der Waals surface area (Å²) in [4.78, 5) is 25.3. The van der Waals surface area contributed by atoms with E-state index in [1.807, 2.05) is 12.1 Å². The monoisotopic (exact) mass is 335 g/mol. The largest absolute Gasteiger partial charge is 0.464 e. The number of rotatable bonds is 5. The van der Waals surface area contributed by atoms with E-state index in [-0.39, 0.29) is 20.0 Å². The molecule has 0 saturated carbocycles. The van der Waals surface area contributed by atoms with E-state index in [1.54, 1.807) is 19.9 Å². The van der Waals surface area contributed by atoms with Gasteiger partial charge in [0.15, 0.2) is 11.5 Å². The van der Waals surface area contributed by atoms with Gasteiger partial charge in [0.25, 0.3) is 0 Å². The molecule has 0 radical (unpaired) electrons. The highest BCUT2D eigenvalue weighted by Crippen LogP contribution is 2.42. The summed E-state index contributed by atoms with van der Waals surface area (Å²) in [6.07, 6.45) is 0.608. The van der Waals surface area contributed by atoms with Crippen molar-refractivity contribution >= 4 is 11.9 Å². The number of hydrogen-bond donors (Lipinski definition) is 1. The maximum Gasteiger partial charge on any atom is 0.338 e. The molecule has 1 aromatic rings. The standard InChI is InChI=1S/C17H21NO6/c1-3-21-15(19)17(16(20)22-4-2)12(7-8-18-17)11-5-6-13-14(9-11)24-10-23-13/h5-6,9,12,18H,3-4,7-8,10H2,1-2H3/t12-/m0/s1. The van der Waals surface area contributed by atoms with Gasteiger partial charge in [-0.2, -0.15) is 0 Å². The minimum atomic E-state index is -1.53. The summed E-state index contributed by atoms with van der Waals surface area (Å²) < 4.78 is 21.1. The van der Waals surface area contributed by atoms with E-state index in [0.717, 1.165) is 5.56 Å². The normalized spacial score (nSPS) is 20.7. The van der Waals surface area contributed by atoms with Crippen LogP contribution in [0.5, 0.6) is 11.5 Å². The molecule has 7 heteroatoms. The summed E-state index contributed by atoms with van der Waals surface area (Å²) in [5.74, 6) is -0.346. The number of fused-ring (bicyclic) bond motifs is 1. The first-order valence-corrected chi connectivity index (χ1v) is 8.12. The van der Waals surface area contributed by atoms with Crippen LogP contribution in [0.25, 0.3) is 0 Å². The molecule has 1 saturated heterocycles.